The van der Waals surface area contributed by atoms with Crippen molar-refractivity contribution in [3.63, 3.8) is 0 Å². The lowest BCUT2D eigenvalue weighted by Crippen LogP contribution is -2.31. The third kappa shape index (κ3) is 1.64. The van der Waals surface area contributed by atoms with Gasteiger partial charge in [-0.25, -0.2) is 4.68 Å². The molecular weight excluding hydrogens is 204 g/mol. The van der Waals surface area contributed by atoms with Crippen LogP contribution in [0.4, 0.5) is 0 Å². The third-order valence-corrected chi connectivity index (χ3v) is 2.79. The Kier molecular flexibility index (Phi) is 2.60. The molecule has 84 valence electrons. The number of hydrogen-bond acceptors (Lipinski definition) is 3. The highest BCUT2D eigenvalue weighted by Crippen LogP contribution is 2.17. The van der Waals surface area contributed by atoms with Crippen molar-refractivity contribution in [2.24, 2.45) is 0 Å². The van der Waals surface area contributed by atoms with Crippen molar-refractivity contribution in [3.05, 3.63) is 24.3 Å². The van der Waals surface area contributed by atoms with E-state index >= 15 is 0 Å². The zero-order valence-electron chi connectivity index (χ0n) is 9.58. The quantitative estimate of drug-likeness (QED) is 0.766. The Balaban J connectivity index is 2.44. The normalized spacial score (nSPS) is 12.7. The molecule has 2 rings (SSSR count). The fourth-order valence-electron chi connectivity index (χ4n) is 1.59. The summed E-state index contributed by atoms with van der Waals surface area (Å²) in [5.41, 5.74) is 1.77. The van der Waals surface area contributed by atoms with Crippen LogP contribution in [-0.2, 0) is 4.79 Å². The van der Waals surface area contributed by atoms with Crippen LogP contribution in [0.25, 0.3) is 11.0 Å². The molecule has 2 aromatic rings. The van der Waals surface area contributed by atoms with Crippen LogP contribution in [0.3, 0.4) is 0 Å². The van der Waals surface area contributed by atoms with Gasteiger partial charge in [-0.15, -0.1) is 5.10 Å². The number of nitrogens with zero attached hydrogens (tertiary/aromatic N) is 4. The Bertz CT molecular complexity index is 519. The van der Waals surface area contributed by atoms with E-state index in [0.29, 0.717) is 0 Å². The SMILES string of the molecule is CC(=O)N(C)C(C)n1nnc2ccccc21. The molecule has 1 aromatic heterocycles. The molecule has 0 aliphatic rings. The molecule has 0 aliphatic heterocycles. The van der Waals surface area contributed by atoms with E-state index in [2.05, 4.69) is 10.3 Å². The molecule has 1 heterocycles. The van der Waals surface area contributed by atoms with Crippen LogP contribution < -0.4 is 0 Å². The monoisotopic (exact) mass is 218 g/mol. The van der Waals surface area contributed by atoms with Gasteiger partial charge in [-0.1, -0.05) is 17.3 Å². The molecule has 0 radical (unpaired) electrons. The van der Waals surface area contributed by atoms with Crippen LogP contribution in [0.1, 0.15) is 20.0 Å². The molecule has 1 aromatic carbocycles. The Labute approximate surface area is 93.7 Å². The number of carbonyl (C=O) groups is 1. The zero-order chi connectivity index (χ0) is 11.7. The summed E-state index contributed by atoms with van der Waals surface area (Å²) in [4.78, 5) is 12.9. The molecule has 0 saturated heterocycles. The second-order valence-electron chi connectivity index (χ2n) is 3.78. The predicted octanol–water partition coefficient (Wildman–Crippen LogP) is 1.43. The zero-order valence-corrected chi connectivity index (χ0v) is 9.58. The molecule has 0 aliphatic carbocycles. The van der Waals surface area contributed by atoms with Gasteiger partial charge in [0.05, 0.1) is 5.52 Å². The van der Waals surface area contributed by atoms with Crippen LogP contribution in [0, 0.1) is 0 Å². The predicted molar refractivity (Wildman–Crippen MR) is 60.7 cm³/mol. The first kappa shape index (κ1) is 10.6. The van der Waals surface area contributed by atoms with Crippen molar-refractivity contribution in [1.29, 1.82) is 0 Å². The highest BCUT2D eigenvalue weighted by Gasteiger charge is 2.16. The summed E-state index contributed by atoms with van der Waals surface area (Å²) in [6.07, 6.45) is -0.134. The maximum Gasteiger partial charge on any atom is 0.220 e. The maximum absolute atomic E-state index is 11.3. The van der Waals surface area contributed by atoms with Crippen LogP contribution in [0.2, 0.25) is 0 Å². The lowest BCUT2D eigenvalue weighted by molar-refractivity contribution is -0.131. The molecule has 0 fully saturated rings. The van der Waals surface area contributed by atoms with Gasteiger partial charge >= 0.3 is 0 Å². The average Bonchev–Trinajstić information content (AvgIpc) is 2.70. The number of hydrogen-bond donors (Lipinski definition) is 0. The molecule has 0 spiro atoms. The standard InChI is InChI=1S/C11H14N4O/c1-8(14(3)9(2)16)15-11-7-5-4-6-10(11)12-13-15/h4-8H,1-3H3. The van der Waals surface area contributed by atoms with E-state index in [0.717, 1.165) is 11.0 Å². The van der Waals surface area contributed by atoms with Crippen molar-refractivity contribution in [3.8, 4) is 0 Å². The highest BCUT2D eigenvalue weighted by atomic mass is 16.2. The van der Waals surface area contributed by atoms with E-state index in [1.807, 2.05) is 31.2 Å². The summed E-state index contributed by atoms with van der Waals surface area (Å²) in [6, 6.07) is 7.70. The van der Waals surface area contributed by atoms with E-state index < -0.39 is 0 Å². The first-order valence-electron chi connectivity index (χ1n) is 5.14. The Morgan fingerprint density at radius 3 is 2.81 bits per heavy atom. The second-order valence-corrected chi connectivity index (χ2v) is 3.78. The number of benzene rings is 1. The highest BCUT2D eigenvalue weighted by molar-refractivity contribution is 5.75. The van der Waals surface area contributed by atoms with E-state index in [4.69, 9.17) is 0 Å². The van der Waals surface area contributed by atoms with Crippen LogP contribution in [0.15, 0.2) is 24.3 Å². The number of para-hydroxylation sites is 1. The van der Waals surface area contributed by atoms with Crippen molar-refractivity contribution in [1.82, 2.24) is 19.9 Å². The Morgan fingerprint density at radius 1 is 1.44 bits per heavy atom. The number of carbonyl (C=O) groups excluding carboxylic acids is 1. The molecular formula is C11H14N4O. The van der Waals surface area contributed by atoms with E-state index in [1.54, 1.807) is 16.6 Å². The second kappa shape index (κ2) is 3.92. The van der Waals surface area contributed by atoms with Crippen molar-refractivity contribution in [2.45, 2.75) is 20.0 Å². The lowest BCUT2D eigenvalue weighted by atomic mass is 10.3. The van der Waals surface area contributed by atoms with Gasteiger partial charge in [0.15, 0.2) is 0 Å². The van der Waals surface area contributed by atoms with Gasteiger partial charge in [-0.05, 0) is 19.1 Å². The molecule has 1 unspecified atom stereocenters. The Hall–Kier alpha value is -1.91. The summed E-state index contributed by atoms with van der Waals surface area (Å²) in [6.45, 7) is 3.46. The van der Waals surface area contributed by atoms with Gasteiger partial charge in [0.2, 0.25) is 5.91 Å². The summed E-state index contributed by atoms with van der Waals surface area (Å²) in [7, 11) is 1.75. The summed E-state index contributed by atoms with van der Waals surface area (Å²) in [5, 5.41) is 8.13. The summed E-state index contributed by atoms with van der Waals surface area (Å²) in [5.74, 6) is 0.00656. The first-order valence-corrected chi connectivity index (χ1v) is 5.14. The van der Waals surface area contributed by atoms with E-state index in [9.17, 15) is 4.79 Å². The largest absolute Gasteiger partial charge is 0.324 e. The van der Waals surface area contributed by atoms with Gasteiger partial charge in [0.1, 0.15) is 11.7 Å². The van der Waals surface area contributed by atoms with Crippen molar-refractivity contribution < 1.29 is 4.79 Å². The minimum absolute atomic E-state index is 0.00656. The van der Waals surface area contributed by atoms with E-state index in [1.165, 1.54) is 6.92 Å². The molecule has 0 bridgehead atoms. The summed E-state index contributed by atoms with van der Waals surface area (Å²) < 4.78 is 1.75. The van der Waals surface area contributed by atoms with Crippen LogP contribution in [0.5, 0.6) is 0 Å². The number of aromatic nitrogens is 3. The third-order valence-electron chi connectivity index (χ3n) is 2.79. The van der Waals surface area contributed by atoms with Gasteiger partial charge < -0.3 is 4.90 Å². The van der Waals surface area contributed by atoms with Crippen LogP contribution in [-0.4, -0.2) is 32.8 Å². The fraction of sp³-hybridized carbons (Fsp3) is 0.364. The molecule has 16 heavy (non-hydrogen) atoms. The molecule has 1 amide bonds. The average molecular weight is 218 g/mol. The number of fused-ring (bicyclic) bond motifs is 1. The molecule has 1 atom stereocenters. The summed E-state index contributed by atoms with van der Waals surface area (Å²) >= 11 is 0. The van der Waals surface area contributed by atoms with Gasteiger partial charge in [-0.2, -0.15) is 0 Å². The molecule has 0 saturated carbocycles. The van der Waals surface area contributed by atoms with Crippen LogP contribution >= 0.6 is 0 Å². The minimum Gasteiger partial charge on any atom is -0.324 e. The number of amides is 1. The first-order chi connectivity index (χ1) is 7.61. The maximum atomic E-state index is 11.3. The molecule has 5 nitrogen and oxygen atoms in total. The number of rotatable bonds is 2. The topological polar surface area (TPSA) is 51.0 Å². The van der Waals surface area contributed by atoms with Gasteiger partial charge in [0, 0.05) is 14.0 Å². The minimum atomic E-state index is -0.134. The van der Waals surface area contributed by atoms with Crippen molar-refractivity contribution >= 4 is 16.9 Å². The molecule has 5 heteroatoms. The lowest BCUT2D eigenvalue weighted by Gasteiger charge is -2.23. The fourth-order valence-corrected chi connectivity index (χ4v) is 1.59. The van der Waals surface area contributed by atoms with E-state index in [-0.39, 0.29) is 12.1 Å². The van der Waals surface area contributed by atoms with Gasteiger partial charge in [0.25, 0.3) is 0 Å². The van der Waals surface area contributed by atoms with Crippen molar-refractivity contribution in [2.75, 3.05) is 7.05 Å². The molecule has 0 N–H and O–H groups in total. The Morgan fingerprint density at radius 2 is 2.12 bits per heavy atom. The van der Waals surface area contributed by atoms with Gasteiger partial charge in [-0.3, -0.25) is 4.79 Å². The smallest absolute Gasteiger partial charge is 0.220 e.